The van der Waals surface area contributed by atoms with E-state index in [-0.39, 0.29) is 17.3 Å². The van der Waals surface area contributed by atoms with Crippen LogP contribution < -0.4 is 11.2 Å². The molecule has 0 aliphatic rings. The van der Waals surface area contributed by atoms with E-state index in [1.54, 1.807) is 12.1 Å². The average Bonchev–Trinajstić information content (AvgIpc) is 2.81. The first-order valence-corrected chi connectivity index (χ1v) is 7.47. The number of aromatic nitrogens is 3. The maximum Gasteiger partial charge on any atom is 0.234 e. The van der Waals surface area contributed by atoms with E-state index in [0.29, 0.717) is 11.0 Å². The Kier molecular flexibility index (Phi) is 5.15. The summed E-state index contributed by atoms with van der Waals surface area (Å²) in [6.07, 6.45) is 1.64. The van der Waals surface area contributed by atoms with Gasteiger partial charge in [-0.1, -0.05) is 30.8 Å². The molecule has 0 radical (unpaired) electrons. The predicted octanol–water partition coefficient (Wildman–Crippen LogP) is 1.81. The second-order valence-electron chi connectivity index (χ2n) is 4.34. The van der Waals surface area contributed by atoms with Gasteiger partial charge < -0.3 is 11.2 Å². The third-order valence-electron chi connectivity index (χ3n) is 2.69. The lowest BCUT2D eigenvalue weighted by Crippen LogP contribution is -2.17. The molecule has 21 heavy (non-hydrogen) atoms. The van der Waals surface area contributed by atoms with E-state index in [1.807, 2.05) is 6.92 Å². The first-order chi connectivity index (χ1) is 10.1. The van der Waals surface area contributed by atoms with E-state index >= 15 is 0 Å². The smallest absolute Gasteiger partial charge is 0.234 e. The van der Waals surface area contributed by atoms with E-state index in [4.69, 9.17) is 5.84 Å². The molecule has 112 valence electrons. The van der Waals surface area contributed by atoms with Crippen molar-refractivity contribution < 1.29 is 9.18 Å². The molecule has 0 bridgehead atoms. The number of amides is 1. The van der Waals surface area contributed by atoms with Crippen molar-refractivity contribution in [2.45, 2.75) is 24.9 Å². The van der Waals surface area contributed by atoms with Crippen molar-refractivity contribution in [3.8, 4) is 0 Å². The number of anilines is 1. The Balaban J connectivity index is 1.91. The molecule has 2 aromatic rings. The van der Waals surface area contributed by atoms with Crippen LogP contribution in [0.1, 0.15) is 19.2 Å². The third-order valence-corrected chi connectivity index (χ3v) is 3.63. The first-order valence-electron chi connectivity index (χ1n) is 6.48. The van der Waals surface area contributed by atoms with Gasteiger partial charge in [0, 0.05) is 6.42 Å². The maximum absolute atomic E-state index is 13.4. The summed E-state index contributed by atoms with van der Waals surface area (Å²) in [6, 6.07) is 6.00. The molecule has 0 saturated heterocycles. The van der Waals surface area contributed by atoms with Crippen LogP contribution in [0, 0.1) is 5.82 Å². The van der Waals surface area contributed by atoms with Gasteiger partial charge in [0.1, 0.15) is 5.82 Å². The van der Waals surface area contributed by atoms with Crippen molar-refractivity contribution in [3.05, 3.63) is 35.9 Å². The number of carbonyl (C=O) groups is 1. The Bertz CT molecular complexity index is 631. The molecular weight excluding hydrogens is 293 g/mol. The average molecular weight is 309 g/mol. The minimum atomic E-state index is -0.469. The van der Waals surface area contributed by atoms with Crippen LogP contribution in [0.3, 0.4) is 0 Å². The molecule has 8 heteroatoms. The highest BCUT2D eigenvalue weighted by Crippen LogP contribution is 2.17. The Morgan fingerprint density at radius 1 is 1.43 bits per heavy atom. The van der Waals surface area contributed by atoms with Crippen molar-refractivity contribution in [2.75, 3.05) is 16.9 Å². The zero-order valence-electron chi connectivity index (χ0n) is 11.5. The van der Waals surface area contributed by atoms with Gasteiger partial charge in [-0.25, -0.2) is 9.07 Å². The second-order valence-corrected chi connectivity index (χ2v) is 5.28. The summed E-state index contributed by atoms with van der Waals surface area (Å²) >= 11 is 1.16. The maximum atomic E-state index is 13.4. The summed E-state index contributed by atoms with van der Waals surface area (Å²) in [4.78, 5) is 11.8. The van der Waals surface area contributed by atoms with Crippen molar-refractivity contribution in [3.63, 3.8) is 0 Å². The van der Waals surface area contributed by atoms with Gasteiger partial charge >= 0.3 is 0 Å². The number of nitrogens with zero attached hydrogens (tertiary/aromatic N) is 3. The van der Waals surface area contributed by atoms with Crippen LogP contribution in [0.4, 0.5) is 10.1 Å². The summed E-state index contributed by atoms with van der Waals surface area (Å²) in [7, 11) is 0. The lowest BCUT2D eigenvalue weighted by molar-refractivity contribution is -0.113. The number of para-hydroxylation sites is 1. The molecule has 2 rings (SSSR count). The summed E-state index contributed by atoms with van der Waals surface area (Å²) in [5.74, 6) is 5.79. The van der Waals surface area contributed by atoms with E-state index < -0.39 is 5.82 Å². The van der Waals surface area contributed by atoms with E-state index in [0.717, 1.165) is 24.6 Å². The molecular formula is C13H16FN5OS. The van der Waals surface area contributed by atoms with E-state index in [1.165, 1.54) is 16.8 Å². The predicted molar refractivity (Wildman–Crippen MR) is 79.9 cm³/mol. The van der Waals surface area contributed by atoms with Gasteiger partial charge in [-0.15, -0.1) is 10.2 Å². The Morgan fingerprint density at radius 2 is 2.19 bits per heavy atom. The summed E-state index contributed by atoms with van der Waals surface area (Å²) in [6.45, 7) is 2.02. The molecule has 0 fully saturated rings. The second kappa shape index (κ2) is 7.07. The zero-order chi connectivity index (χ0) is 15.2. The van der Waals surface area contributed by atoms with Gasteiger partial charge in [-0.3, -0.25) is 4.79 Å². The first kappa shape index (κ1) is 15.3. The van der Waals surface area contributed by atoms with Crippen LogP contribution in [0.5, 0.6) is 0 Å². The van der Waals surface area contributed by atoms with Crippen LogP contribution in [0.15, 0.2) is 29.4 Å². The molecule has 1 heterocycles. The molecule has 0 unspecified atom stereocenters. The lowest BCUT2D eigenvalue weighted by Gasteiger charge is -2.06. The summed E-state index contributed by atoms with van der Waals surface area (Å²) < 4.78 is 14.8. The number of hydrogen-bond acceptors (Lipinski definition) is 5. The number of aryl methyl sites for hydroxylation is 1. The zero-order valence-corrected chi connectivity index (χ0v) is 12.4. The molecule has 0 spiro atoms. The van der Waals surface area contributed by atoms with Gasteiger partial charge in [0.05, 0.1) is 11.4 Å². The number of rotatable bonds is 6. The number of thioether (sulfide) groups is 1. The minimum Gasteiger partial charge on any atom is -0.336 e. The number of carbonyl (C=O) groups excluding carboxylic acids is 1. The van der Waals surface area contributed by atoms with Gasteiger partial charge in [0.15, 0.2) is 5.82 Å². The molecule has 0 aliphatic heterocycles. The molecule has 0 saturated carbocycles. The number of benzene rings is 1. The minimum absolute atomic E-state index is 0.0792. The monoisotopic (exact) mass is 309 g/mol. The highest BCUT2D eigenvalue weighted by Gasteiger charge is 2.12. The van der Waals surface area contributed by atoms with Crippen molar-refractivity contribution in [1.82, 2.24) is 14.9 Å². The Hall–Kier alpha value is -2.09. The standard InChI is InChI=1S/C13H16FN5OS/c1-2-5-11-17-18-13(19(11)15)21-8-12(20)16-10-7-4-3-6-9(10)14/h3-4,6-7H,2,5,8,15H2,1H3,(H,16,20). The molecule has 1 amide bonds. The van der Waals surface area contributed by atoms with E-state index in [2.05, 4.69) is 15.5 Å². The molecule has 6 nitrogen and oxygen atoms in total. The van der Waals surface area contributed by atoms with Crippen LogP contribution in [0.25, 0.3) is 0 Å². The number of nitrogens with one attached hydrogen (secondary N) is 1. The molecule has 3 N–H and O–H groups in total. The van der Waals surface area contributed by atoms with Crippen molar-refractivity contribution >= 4 is 23.4 Å². The quantitative estimate of drug-likeness (QED) is 0.628. The number of nitrogen functional groups attached to an aromatic ring is 1. The molecule has 1 aromatic heterocycles. The van der Waals surface area contributed by atoms with E-state index in [9.17, 15) is 9.18 Å². The van der Waals surface area contributed by atoms with Crippen LogP contribution in [0.2, 0.25) is 0 Å². The topological polar surface area (TPSA) is 85.8 Å². The number of halogens is 1. The van der Waals surface area contributed by atoms with Crippen LogP contribution in [-0.2, 0) is 11.2 Å². The fourth-order valence-electron chi connectivity index (χ4n) is 1.68. The lowest BCUT2D eigenvalue weighted by atomic mass is 10.3. The fraction of sp³-hybridized carbons (Fsp3) is 0.308. The Labute approximate surface area is 125 Å². The van der Waals surface area contributed by atoms with Crippen molar-refractivity contribution in [1.29, 1.82) is 0 Å². The highest BCUT2D eigenvalue weighted by atomic mass is 32.2. The SMILES string of the molecule is CCCc1nnc(SCC(=O)Nc2ccccc2F)n1N. The van der Waals surface area contributed by atoms with Crippen molar-refractivity contribution in [2.24, 2.45) is 0 Å². The van der Waals surface area contributed by atoms with Gasteiger partial charge in [-0.2, -0.15) is 0 Å². The highest BCUT2D eigenvalue weighted by molar-refractivity contribution is 7.99. The van der Waals surface area contributed by atoms with Gasteiger partial charge in [-0.05, 0) is 18.6 Å². The third kappa shape index (κ3) is 3.94. The molecule has 0 aliphatic carbocycles. The number of nitrogens with two attached hydrogens (primary N) is 1. The summed E-state index contributed by atoms with van der Waals surface area (Å²) in [5.41, 5.74) is 0.156. The largest absolute Gasteiger partial charge is 0.336 e. The Morgan fingerprint density at radius 3 is 2.90 bits per heavy atom. The van der Waals surface area contributed by atoms with Gasteiger partial charge in [0.2, 0.25) is 11.1 Å². The fourth-order valence-corrected chi connectivity index (χ4v) is 2.35. The molecule has 1 aromatic carbocycles. The van der Waals surface area contributed by atoms with Crippen LogP contribution >= 0.6 is 11.8 Å². The van der Waals surface area contributed by atoms with Crippen LogP contribution in [-0.4, -0.2) is 26.5 Å². The summed E-state index contributed by atoms with van der Waals surface area (Å²) in [5, 5.41) is 10.8. The molecule has 0 atom stereocenters. The number of hydrogen-bond donors (Lipinski definition) is 2. The van der Waals surface area contributed by atoms with Gasteiger partial charge in [0.25, 0.3) is 0 Å². The normalized spacial score (nSPS) is 10.6.